The number of anilines is 1. The third-order valence-corrected chi connectivity index (χ3v) is 11.8. The number of aliphatic hydroxyl groups excluding tert-OH is 2. The van der Waals surface area contributed by atoms with Gasteiger partial charge in [-0.25, -0.2) is 4.67 Å². The lowest BCUT2D eigenvalue weighted by Gasteiger charge is -2.52. The molecule has 218 valence electrons. The summed E-state index contributed by atoms with van der Waals surface area (Å²) in [5.41, 5.74) is -0.124. The SMILES string of the molecule is CN1C[C@@H](c2ccc(Cl)cc2)[C@@]2(CN(P(=O)(CO)CO)C/C(=C\c3ccccc3)C2=O)[C@@]12C(=O)Nc1ccc(Cl)cc12. The van der Waals surface area contributed by atoms with Gasteiger partial charge in [-0.2, -0.15) is 0 Å². The van der Waals surface area contributed by atoms with Crippen LogP contribution < -0.4 is 5.32 Å². The standard InChI is InChI=1S/C31H30Cl2N3O5P/c1-35-16-26(21-7-9-23(32)10-8-21)30(31(35)25-14-24(33)11-12-27(25)34-29(31)40)17-36(42(41,18-37)19-38)15-22(28(30)39)13-20-5-3-2-4-6-20/h2-14,26,37-38H,15-19H2,1H3,(H,34,40)/b22-13+/t26-,30+,31+/m0/s1. The number of aliphatic hydroxyl groups is 2. The van der Waals surface area contributed by atoms with E-state index in [2.05, 4.69) is 5.32 Å². The van der Waals surface area contributed by atoms with Gasteiger partial charge in [0.2, 0.25) is 0 Å². The maximum Gasteiger partial charge on any atom is 0.250 e. The van der Waals surface area contributed by atoms with E-state index in [0.717, 1.165) is 11.1 Å². The van der Waals surface area contributed by atoms with Crippen molar-refractivity contribution < 1.29 is 24.4 Å². The van der Waals surface area contributed by atoms with Gasteiger partial charge < -0.3 is 20.1 Å². The first-order valence-electron chi connectivity index (χ1n) is 13.5. The molecule has 2 fully saturated rings. The van der Waals surface area contributed by atoms with Gasteiger partial charge in [-0.15, -0.1) is 0 Å². The molecule has 3 N–H and O–H groups in total. The van der Waals surface area contributed by atoms with Crippen molar-refractivity contribution in [3.05, 3.63) is 105 Å². The molecule has 8 nitrogen and oxygen atoms in total. The van der Waals surface area contributed by atoms with Crippen molar-refractivity contribution in [2.75, 3.05) is 44.7 Å². The average molecular weight is 626 g/mol. The van der Waals surface area contributed by atoms with Crippen LogP contribution in [0.4, 0.5) is 5.69 Å². The Morgan fingerprint density at radius 2 is 1.67 bits per heavy atom. The van der Waals surface area contributed by atoms with Crippen molar-refractivity contribution in [1.82, 2.24) is 9.57 Å². The number of hydrogen-bond donors (Lipinski definition) is 3. The van der Waals surface area contributed by atoms with Crippen molar-refractivity contribution in [2.45, 2.75) is 11.5 Å². The summed E-state index contributed by atoms with van der Waals surface area (Å²) in [6, 6.07) is 21.6. The molecule has 2 saturated heterocycles. The highest BCUT2D eigenvalue weighted by molar-refractivity contribution is 7.61. The molecule has 1 amide bonds. The highest BCUT2D eigenvalue weighted by Crippen LogP contribution is 2.66. The number of Topliss-reactive ketones (excluding diaryl/α,β-unsaturated/α-hetero) is 1. The summed E-state index contributed by atoms with van der Waals surface area (Å²) in [6.07, 6.45) is 0.177. The number of nitrogens with zero attached hydrogens (tertiary/aromatic N) is 2. The Morgan fingerprint density at radius 1 is 1.00 bits per heavy atom. The van der Waals surface area contributed by atoms with Gasteiger partial charge in [0.25, 0.3) is 5.91 Å². The first-order valence-corrected chi connectivity index (χ1v) is 16.3. The van der Waals surface area contributed by atoms with Crippen LogP contribution in [0.15, 0.2) is 78.4 Å². The molecule has 3 atom stereocenters. The largest absolute Gasteiger partial charge is 0.387 e. The molecule has 3 aliphatic rings. The number of likely N-dealkylation sites (N-methyl/N-ethyl adjacent to an activating group) is 1. The summed E-state index contributed by atoms with van der Waals surface area (Å²) in [6.45, 7) is 0.0974. The summed E-state index contributed by atoms with van der Waals surface area (Å²) in [7, 11) is -1.96. The lowest BCUT2D eigenvalue weighted by Crippen LogP contribution is -2.65. The zero-order valence-corrected chi connectivity index (χ0v) is 25.2. The summed E-state index contributed by atoms with van der Waals surface area (Å²) in [4.78, 5) is 31.5. The van der Waals surface area contributed by atoms with Crippen molar-refractivity contribution in [1.29, 1.82) is 0 Å². The fourth-order valence-electron chi connectivity index (χ4n) is 7.19. The minimum atomic E-state index is -3.77. The molecule has 0 unspecified atom stereocenters. The molecule has 3 heterocycles. The molecular formula is C31H30Cl2N3O5P. The third kappa shape index (κ3) is 4.16. The molecule has 3 aromatic carbocycles. The van der Waals surface area contributed by atoms with E-state index >= 15 is 4.79 Å². The van der Waals surface area contributed by atoms with E-state index in [0.29, 0.717) is 33.4 Å². The predicted octanol–water partition coefficient (Wildman–Crippen LogP) is 5.00. The number of carbonyl (C=O) groups is 2. The quantitative estimate of drug-likeness (QED) is 0.270. The van der Waals surface area contributed by atoms with Gasteiger partial charge in [-0.05, 0) is 54.6 Å². The zero-order valence-electron chi connectivity index (χ0n) is 22.8. The summed E-state index contributed by atoms with van der Waals surface area (Å²) >= 11 is 12.8. The lowest BCUT2D eigenvalue weighted by molar-refractivity contribution is -0.145. The van der Waals surface area contributed by atoms with Crippen molar-refractivity contribution in [2.24, 2.45) is 5.41 Å². The van der Waals surface area contributed by atoms with Crippen molar-refractivity contribution in [3.63, 3.8) is 0 Å². The third-order valence-electron chi connectivity index (χ3n) is 9.07. The highest BCUT2D eigenvalue weighted by Gasteiger charge is 2.75. The molecule has 2 spiro atoms. The van der Waals surface area contributed by atoms with Crippen LogP contribution in [0, 0.1) is 5.41 Å². The number of ketones is 1. The molecule has 11 heteroatoms. The second-order valence-electron chi connectivity index (χ2n) is 11.2. The number of fused-ring (bicyclic) bond motifs is 3. The van der Waals surface area contributed by atoms with Gasteiger partial charge in [0, 0.05) is 52.4 Å². The van der Waals surface area contributed by atoms with Gasteiger partial charge in [0.15, 0.2) is 13.1 Å². The van der Waals surface area contributed by atoms with E-state index in [-0.39, 0.29) is 18.9 Å². The molecule has 0 saturated carbocycles. The lowest BCUT2D eigenvalue weighted by atomic mass is 9.56. The van der Waals surface area contributed by atoms with Crippen LogP contribution in [0.25, 0.3) is 6.08 Å². The van der Waals surface area contributed by atoms with Gasteiger partial charge >= 0.3 is 0 Å². The van der Waals surface area contributed by atoms with Crippen molar-refractivity contribution in [3.8, 4) is 0 Å². The molecule has 0 aromatic heterocycles. The minimum Gasteiger partial charge on any atom is -0.387 e. The number of rotatable bonds is 5. The fourth-order valence-corrected chi connectivity index (χ4v) is 8.82. The Morgan fingerprint density at radius 3 is 2.33 bits per heavy atom. The van der Waals surface area contributed by atoms with Crippen LogP contribution in [0.3, 0.4) is 0 Å². The van der Waals surface area contributed by atoms with E-state index in [1.165, 1.54) is 4.67 Å². The maximum absolute atomic E-state index is 15.2. The number of halogens is 2. The topological polar surface area (TPSA) is 110 Å². The Bertz CT molecular complexity index is 1640. The number of hydrogen-bond acceptors (Lipinski definition) is 6. The van der Waals surface area contributed by atoms with Gasteiger partial charge in [-0.1, -0.05) is 65.7 Å². The molecule has 3 aromatic rings. The normalized spacial score (nSPS) is 27.3. The van der Waals surface area contributed by atoms with Crippen molar-refractivity contribution >= 4 is 53.9 Å². The van der Waals surface area contributed by atoms with E-state index in [1.54, 1.807) is 43.5 Å². The van der Waals surface area contributed by atoms with Crippen LogP contribution in [0.1, 0.15) is 22.6 Å². The molecule has 0 bridgehead atoms. The Labute approximate surface area is 254 Å². The van der Waals surface area contributed by atoms with E-state index < -0.39 is 42.8 Å². The smallest absolute Gasteiger partial charge is 0.250 e. The second kappa shape index (κ2) is 10.7. The molecular weight excluding hydrogens is 596 g/mol. The number of likely N-dealkylation sites (tertiary alicyclic amines) is 1. The fraction of sp³-hybridized carbons (Fsp3) is 0.290. The molecule has 6 rings (SSSR count). The number of amides is 1. The number of benzene rings is 3. The molecule has 0 aliphatic carbocycles. The first-order chi connectivity index (χ1) is 20.1. The number of piperidine rings is 1. The van der Waals surface area contributed by atoms with Crippen LogP contribution in [0.5, 0.6) is 0 Å². The second-order valence-corrected chi connectivity index (χ2v) is 14.9. The zero-order chi connectivity index (χ0) is 29.9. The van der Waals surface area contributed by atoms with E-state index in [4.69, 9.17) is 23.2 Å². The van der Waals surface area contributed by atoms with Gasteiger partial charge in [-0.3, -0.25) is 14.5 Å². The molecule has 42 heavy (non-hydrogen) atoms. The Hall–Kier alpha value is -2.81. The van der Waals surface area contributed by atoms with Gasteiger partial charge in [0.05, 0.1) is 5.41 Å². The van der Waals surface area contributed by atoms with Crippen LogP contribution in [0.2, 0.25) is 10.0 Å². The van der Waals surface area contributed by atoms with E-state index in [1.807, 2.05) is 47.4 Å². The van der Waals surface area contributed by atoms with Crippen LogP contribution in [-0.4, -0.2) is 70.9 Å². The summed E-state index contributed by atoms with van der Waals surface area (Å²) in [5, 5.41) is 24.5. The maximum atomic E-state index is 15.2. The van der Waals surface area contributed by atoms with Crippen LogP contribution >= 0.6 is 30.5 Å². The van der Waals surface area contributed by atoms with E-state index in [9.17, 15) is 19.6 Å². The summed E-state index contributed by atoms with van der Waals surface area (Å²) < 4.78 is 15.6. The highest BCUT2D eigenvalue weighted by atomic mass is 35.5. The van der Waals surface area contributed by atoms with Crippen LogP contribution in [-0.2, 0) is 19.7 Å². The Balaban J connectivity index is 1.69. The number of carbonyl (C=O) groups excluding carboxylic acids is 2. The Kier molecular flexibility index (Phi) is 7.47. The number of nitrogens with one attached hydrogen (secondary N) is 1. The summed E-state index contributed by atoms with van der Waals surface area (Å²) in [5.74, 6) is -1.22. The predicted molar refractivity (Wildman–Crippen MR) is 164 cm³/mol. The van der Waals surface area contributed by atoms with Gasteiger partial charge in [0.1, 0.15) is 18.2 Å². The monoisotopic (exact) mass is 625 g/mol. The molecule has 3 aliphatic heterocycles. The average Bonchev–Trinajstić information content (AvgIpc) is 3.43. The molecule has 0 radical (unpaired) electrons. The first kappa shape index (κ1) is 29.3. The minimum absolute atomic E-state index is 0.0645.